The maximum absolute atomic E-state index is 12.8. The van der Waals surface area contributed by atoms with Gasteiger partial charge in [0, 0.05) is 18.7 Å². The fraction of sp³-hybridized carbons (Fsp3) is 0.364. The average Bonchev–Trinajstić information content (AvgIpc) is 3.32. The second kappa shape index (κ2) is 8.96. The van der Waals surface area contributed by atoms with Gasteiger partial charge in [0.05, 0.1) is 25.1 Å². The molecule has 1 aromatic heterocycles. The third-order valence-corrected chi connectivity index (χ3v) is 4.69. The Kier molecular flexibility index (Phi) is 6.39. The first kappa shape index (κ1) is 20.7. The molecule has 0 bridgehead atoms. The third kappa shape index (κ3) is 4.35. The molecule has 1 atom stereocenters. The van der Waals surface area contributed by atoms with E-state index in [1.165, 1.54) is 18.3 Å². The van der Waals surface area contributed by atoms with Gasteiger partial charge in [0.2, 0.25) is 0 Å². The lowest BCUT2D eigenvalue weighted by atomic mass is 9.99. The predicted octanol–water partition coefficient (Wildman–Crippen LogP) is 3.53. The van der Waals surface area contributed by atoms with Gasteiger partial charge in [0.25, 0.3) is 11.7 Å². The van der Waals surface area contributed by atoms with Crippen LogP contribution >= 0.6 is 0 Å². The highest BCUT2D eigenvalue weighted by Crippen LogP contribution is 2.39. The molecular formula is C22H25NO6. The summed E-state index contributed by atoms with van der Waals surface area (Å²) in [6, 6.07) is 9.27. The van der Waals surface area contributed by atoms with Crippen molar-refractivity contribution in [2.24, 2.45) is 0 Å². The van der Waals surface area contributed by atoms with Crippen LogP contribution in [0.1, 0.15) is 37.6 Å². The van der Waals surface area contributed by atoms with Crippen LogP contribution in [0.25, 0.3) is 5.76 Å². The molecule has 29 heavy (non-hydrogen) atoms. The van der Waals surface area contributed by atoms with E-state index >= 15 is 0 Å². The zero-order chi connectivity index (χ0) is 21.0. The molecule has 0 radical (unpaired) electrons. The minimum atomic E-state index is -0.796. The summed E-state index contributed by atoms with van der Waals surface area (Å²) in [6.45, 7) is 4.63. The predicted molar refractivity (Wildman–Crippen MR) is 106 cm³/mol. The Morgan fingerprint density at radius 3 is 2.69 bits per heavy atom. The summed E-state index contributed by atoms with van der Waals surface area (Å²) in [5.41, 5.74) is 0.394. The first-order valence-corrected chi connectivity index (χ1v) is 9.52. The van der Waals surface area contributed by atoms with Crippen LogP contribution in [0.3, 0.4) is 0 Å². The number of hydrogen-bond acceptors (Lipinski definition) is 6. The quantitative estimate of drug-likeness (QED) is 0.316. The van der Waals surface area contributed by atoms with Crippen LogP contribution in [0.15, 0.2) is 52.7 Å². The fourth-order valence-electron chi connectivity index (χ4n) is 3.33. The minimum Gasteiger partial charge on any atom is -0.507 e. The highest BCUT2D eigenvalue weighted by Gasteiger charge is 2.47. The van der Waals surface area contributed by atoms with Crippen molar-refractivity contribution in [2.45, 2.75) is 32.4 Å². The lowest BCUT2D eigenvalue weighted by Crippen LogP contribution is -2.31. The number of hydrogen-bond donors (Lipinski definition) is 1. The van der Waals surface area contributed by atoms with Crippen LogP contribution in [0.4, 0.5) is 0 Å². The number of ketones is 1. The molecule has 1 unspecified atom stereocenters. The van der Waals surface area contributed by atoms with Crippen LogP contribution in [0.2, 0.25) is 0 Å². The van der Waals surface area contributed by atoms with Gasteiger partial charge < -0.3 is 23.9 Å². The highest BCUT2D eigenvalue weighted by atomic mass is 16.5. The first-order valence-electron chi connectivity index (χ1n) is 9.52. The SMILES string of the molecule is COc1cccc(/C(O)=C2\C(=O)C(=O)N(CCCOC(C)C)C2c2ccco2)c1. The van der Waals surface area contributed by atoms with Crippen molar-refractivity contribution in [3.8, 4) is 5.75 Å². The second-order valence-corrected chi connectivity index (χ2v) is 7.01. The van der Waals surface area contributed by atoms with Gasteiger partial charge in [-0.3, -0.25) is 9.59 Å². The van der Waals surface area contributed by atoms with Gasteiger partial charge in [-0.25, -0.2) is 0 Å². The van der Waals surface area contributed by atoms with Crippen molar-refractivity contribution in [1.29, 1.82) is 0 Å². The zero-order valence-electron chi connectivity index (χ0n) is 16.8. The van der Waals surface area contributed by atoms with E-state index in [1.807, 2.05) is 13.8 Å². The van der Waals surface area contributed by atoms with Crippen LogP contribution in [-0.4, -0.2) is 48.1 Å². The van der Waals surface area contributed by atoms with Gasteiger partial charge in [-0.05, 0) is 44.5 Å². The molecule has 2 aromatic rings. The molecular weight excluding hydrogens is 374 g/mol. The van der Waals surface area contributed by atoms with Crippen molar-refractivity contribution in [3.05, 3.63) is 59.6 Å². The molecule has 1 fully saturated rings. The van der Waals surface area contributed by atoms with Gasteiger partial charge >= 0.3 is 0 Å². The molecule has 0 aliphatic carbocycles. The number of furan rings is 1. The number of aliphatic hydroxyl groups is 1. The molecule has 1 amide bonds. The van der Waals surface area contributed by atoms with Gasteiger partial charge in [0.15, 0.2) is 0 Å². The van der Waals surface area contributed by atoms with Crippen molar-refractivity contribution in [3.63, 3.8) is 0 Å². The van der Waals surface area contributed by atoms with Crippen molar-refractivity contribution in [2.75, 3.05) is 20.3 Å². The Hall–Kier alpha value is -3.06. The Labute approximate surface area is 169 Å². The maximum Gasteiger partial charge on any atom is 0.295 e. The summed E-state index contributed by atoms with van der Waals surface area (Å²) in [6.07, 6.45) is 2.11. The number of ether oxygens (including phenoxy) is 2. The van der Waals surface area contributed by atoms with E-state index in [4.69, 9.17) is 13.9 Å². The lowest BCUT2D eigenvalue weighted by molar-refractivity contribution is -0.140. The number of Topliss-reactive ketones (excluding diaryl/α,β-unsaturated/α-hetero) is 1. The summed E-state index contributed by atoms with van der Waals surface area (Å²) < 4.78 is 16.2. The molecule has 0 spiro atoms. The van der Waals surface area contributed by atoms with E-state index in [1.54, 1.807) is 36.4 Å². The van der Waals surface area contributed by atoms with E-state index in [0.29, 0.717) is 36.6 Å². The number of amides is 1. The molecule has 1 saturated heterocycles. The first-order chi connectivity index (χ1) is 13.9. The van der Waals surface area contributed by atoms with Crippen molar-refractivity contribution >= 4 is 17.4 Å². The highest BCUT2D eigenvalue weighted by molar-refractivity contribution is 6.46. The fourth-order valence-corrected chi connectivity index (χ4v) is 3.33. The lowest BCUT2D eigenvalue weighted by Gasteiger charge is -2.23. The van der Waals surface area contributed by atoms with Crippen molar-refractivity contribution in [1.82, 2.24) is 4.90 Å². The number of benzene rings is 1. The Bertz CT molecular complexity index is 900. The second-order valence-electron chi connectivity index (χ2n) is 7.01. The number of aliphatic hydroxyl groups excluding tert-OH is 1. The van der Waals surface area contributed by atoms with Crippen LogP contribution in [0.5, 0.6) is 5.75 Å². The molecule has 3 rings (SSSR count). The monoisotopic (exact) mass is 399 g/mol. The summed E-state index contributed by atoms with van der Waals surface area (Å²) in [4.78, 5) is 27.0. The normalized spacial score (nSPS) is 18.6. The molecule has 1 N–H and O–H groups in total. The van der Waals surface area contributed by atoms with E-state index < -0.39 is 17.7 Å². The number of rotatable bonds is 8. The van der Waals surface area contributed by atoms with E-state index in [0.717, 1.165) is 0 Å². The largest absolute Gasteiger partial charge is 0.507 e. The summed E-state index contributed by atoms with van der Waals surface area (Å²) in [7, 11) is 1.51. The summed E-state index contributed by atoms with van der Waals surface area (Å²) in [5.74, 6) is -0.719. The Morgan fingerprint density at radius 2 is 2.03 bits per heavy atom. The summed E-state index contributed by atoms with van der Waals surface area (Å²) >= 11 is 0. The number of carbonyl (C=O) groups excluding carboxylic acids is 2. The van der Waals surface area contributed by atoms with Crippen LogP contribution < -0.4 is 4.74 Å². The minimum absolute atomic E-state index is 0.00276. The molecule has 1 aliphatic heterocycles. The molecule has 154 valence electrons. The van der Waals surface area contributed by atoms with Crippen molar-refractivity contribution < 1.29 is 28.6 Å². The summed E-state index contributed by atoms with van der Waals surface area (Å²) in [5, 5.41) is 10.9. The standard InChI is InChI=1S/C22H25NO6/c1-14(2)28-12-6-10-23-19(17-9-5-11-29-17)18(21(25)22(23)26)20(24)15-7-4-8-16(13-15)27-3/h4-5,7-9,11,13-14,19,24H,6,10,12H2,1-3H3/b20-18+. The number of carbonyl (C=O) groups is 2. The van der Waals surface area contributed by atoms with Gasteiger partial charge in [0.1, 0.15) is 23.3 Å². The van der Waals surface area contributed by atoms with Crippen LogP contribution in [-0.2, 0) is 14.3 Å². The van der Waals surface area contributed by atoms with Gasteiger partial charge in [-0.1, -0.05) is 12.1 Å². The van der Waals surface area contributed by atoms with E-state index in [9.17, 15) is 14.7 Å². The zero-order valence-corrected chi connectivity index (χ0v) is 16.8. The van der Waals surface area contributed by atoms with Gasteiger partial charge in [-0.2, -0.15) is 0 Å². The molecule has 7 heteroatoms. The third-order valence-electron chi connectivity index (χ3n) is 4.69. The van der Waals surface area contributed by atoms with Gasteiger partial charge in [-0.15, -0.1) is 0 Å². The Morgan fingerprint density at radius 1 is 1.24 bits per heavy atom. The maximum atomic E-state index is 12.8. The molecule has 0 saturated carbocycles. The molecule has 7 nitrogen and oxygen atoms in total. The van der Waals surface area contributed by atoms with Crippen LogP contribution in [0, 0.1) is 0 Å². The Balaban J connectivity index is 1.98. The van der Waals surface area contributed by atoms with E-state index in [2.05, 4.69) is 0 Å². The molecule has 1 aromatic carbocycles. The number of nitrogens with zero attached hydrogens (tertiary/aromatic N) is 1. The smallest absolute Gasteiger partial charge is 0.295 e. The van der Waals surface area contributed by atoms with E-state index in [-0.39, 0.29) is 17.4 Å². The number of likely N-dealkylation sites (tertiary alicyclic amines) is 1. The average molecular weight is 399 g/mol. The number of methoxy groups -OCH3 is 1. The molecule has 1 aliphatic rings. The topological polar surface area (TPSA) is 89.2 Å². The molecule has 2 heterocycles.